The fourth-order valence-corrected chi connectivity index (χ4v) is 2.76. The minimum absolute atomic E-state index is 0.242. The van der Waals surface area contributed by atoms with Crippen LogP contribution >= 0.6 is 0 Å². The van der Waals surface area contributed by atoms with Crippen molar-refractivity contribution in [3.8, 4) is 0 Å². The zero-order valence-corrected chi connectivity index (χ0v) is 12.0. The highest BCUT2D eigenvalue weighted by molar-refractivity contribution is 5.82. The molecule has 17 heavy (non-hydrogen) atoms. The quantitative estimate of drug-likeness (QED) is 0.817. The smallest absolute Gasteiger partial charge is 0.228 e. The molecular formula is C14H28N2O. The molecular weight excluding hydrogens is 212 g/mol. The third-order valence-electron chi connectivity index (χ3n) is 4.09. The van der Waals surface area contributed by atoms with E-state index in [0.717, 1.165) is 19.6 Å². The van der Waals surface area contributed by atoms with Crippen molar-refractivity contribution in [2.45, 2.75) is 53.5 Å². The van der Waals surface area contributed by atoms with Crippen molar-refractivity contribution in [2.24, 2.45) is 11.3 Å². The minimum atomic E-state index is -0.242. The molecule has 3 heteroatoms. The Balaban J connectivity index is 2.76. The van der Waals surface area contributed by atoms with Gasteiger partial charge in [0.2, 0.25) is 5.91 Å². The molecule has 0 bridgehead atoms. The Hall–Kier alpha value is -0.570. The second kappa shape index (κ2) is 5.85. The van der Waals surface area contributed by atoms with Crippen LogP contribution in [0.5, 0.6) is 0 Å². The molecule has 0 spiro atoms. The Labute approximate surface area is 106 Å². The van der Waals surface area contributed by atoms with E-state index in [4.69, 9.17) is 0 Å². The Bertz CT molecular complexity index is 255. The lowest BCUT2D eigenvalue weighted by atomic mass is 9.74. The van der Waals surface area contributed by atoms with Gasteiger partial charge in [0.1, 0.15) is 0 Å². The summed E-state index contributed by atoms with van der Waals surface area (Å²) in [6.07, 6.45) is 2.36. The second-order valence-corrected chi connectivity index (χ2v) is 5.95. The maximum atomic E-state index is 12.6. The number of rotatable bonds is 4. The van der Waals surface area contributed by atoms with Gasteiger partial charge in [0, 0.05) is 18.0 Å². The van der Waals surface area contributed by atoms with Crippen LogP contribution in [0.2, 0.25) is 0 Å². The first kappa shape index (κ1) is 14.5. The van der Waals surface area contributed by atoms with E-state index < -0.39 is 0 Å². The van der Waals surface area contributed by atoms with E-state index in [-0.39, 0.29) is 5.41 Å². The largest absolute Gasteiger partial charge is 0.340 e. The Morgan fingerprint density at radius 3 is 2.53 bits per heavy atom. The molecule has 0 aromatic rings. The molecule has 1 aliphatic heterocycles. The van der Waals surface area contributed by atoms with Gasteiger partial charge in [-0.3, -0.25) is 4.79 Å². The van der Waals surface area contributed by atoms with Crippen LogP contribution in [0.1, 0.15) is 47.5 Å². The maximum Gasteiger partial charge on any atom is 0.228 e. The number of nitrogens with one attached hydrogen (secondary N) is 1. The van der Waals surface area contributed by atoms with E-state index >= 15 is 0 Å². The molecule has 1 saturated heterocycles. The van der Waals surface area contributed by atoms with Crippen LogP contribution in [0, 0.1) is 11.3 Å². The van der Waals surface area contributed by atoms with Crippen LogP contribution in [0.15, 0.2) is 0 Å². The minimum Gasteiger partial charge on any atom is -0.340 e. The van der Waals surface area contributed by atoms with Gasteiger partial charge in [-0.05, 0) is 52.6 Å². The average Bonchev–Trinajstić information content (AvgIpc) is 2.30. The lowest BCUT2D eigenvalue weighted by Gasteiger charge is -2.40. The van der Waals surface area contributed by atoms with Crippen LogP contribution in [-0.4, -0.2) is 36.5 Å². The van der Waals surface area contributed by atoms with E-state index in [9.17, 15) is 4.79 Å². The number of carbonyl (C=O) groups is 1. The third-order valence-corrected chi connectivity index (χ3v) is 4.09. The summed E-state index contributed by atoms with van der Waals surface area (Å²) in [5.74, 6) is 0.778. The van der Waals surface area contributed by atoms with Crippen LogP contribution in [0.3, 0.4) is 0 Å². The van der Waals surface area contributed by atoms with Crippen molar-refractivity contribution in [3.63, 3.8) is 0 Å². The monoisotopic (exact) mass is 240 g/mol. The predicted molar refractivity (Wildman–Crippen MR) is 71.9 cm³/mol. The molecule has 1 rings (SSSR count). The fraction of sp³-hybridized carbons (Fsp3) is 0.929. The lowest BCUT2D eigenvalue weighted by molar-refractivity contribution is -0.145. The van der Waals surface area contributed by atoms with Gasteiger partial charge in [0.05, 0.1) is 0 Å². The van der Waals surface area contributed by atoms with E-state index in [1.165, 1.54) is 12.8 Å². The molecule has 0 aromatic carbocycles. The molecule has 1 N–H and O–H groups in total. The Kier molecular flexibility index (Phi) is 4.99. The molecule has 1 fully saturated rings. The van der Waals surface area contributed by atoms with Gasteiger partial charge < -0.3 is 10.2 Å². The molecule has 1 amide bonds. The first-order valence-electron chi connectivity index (χ1n) is 6.93. The molecule has 0 aromatic heterocycles. The van der Waals surface area contributed by atoms with Crippen molar-refractivity contribution in [1.29, 1.82) is 0 Å². The molecule has 1 aliphatic rings. The van der Waals surface area contributed by atoms with Gasteiger partial charge in [-0.25, -0.2) is 0 Å². The highest BCUT2D eigenvalue weighted by atomic mass is 16.2. The standard InChI is InChI=1S/C14H28N2O/c1-6-16(11(2)3)13(17)14(4,5)12-8-7-9-15-10-12/h11-12,15H,6-10H2,1-5H3. The Morgan fingerprint density at radius 2 is 2.12 bits per heavy atom. The van der Waals surface area contributed by atoms with Gasteiger partial charge >= 0.3 is 0 Å². The number of hydrogen-bond donors (Lipinski definition) is 1. The van der Waals surface area contributed by atoms with E-state index in [2.05, 4.69) is 39.9 Å². The fourth-order valence-electron chi connectivity index (χ4n) is 2.76. The summed E-state index contributed by atoms with van der Waals surface area (Å²) in [6, 6.07) is 0.295. The summed E-state index contributed by atoms with van der Waals surface area (Å²) in [4.78, 5) is 14.6. The summed E-state index contributed by atoms with van der Waals surface area (Å²) < 4.78 is 0. The molecule has 3 nitrogen and oxygen atoms in total. The predicted octanol–water partition coefficient (Wildman–Crippen LogP) is 2.27. The molecule has 0 saturated carbocycles. The lowest BCUT2D eigenvalue weighted by Crippen LogP contribution is -2.50. The highest BCUT2D eigenvalue weighted by Crippen LogP contribution is 2.34. The van der Waals surface area contributed by atoms with Gasteiger partial charge in [0.25, 0.3) is 0 Å². The van der Waals surface area contributed by atoms with E-state index in [0.29, 0.717) is 17.9 Å². The first-order valence-corrected chi connectivity index (χ1v) is 6.93. The van der Waals surface area contributed by atoms with Crippen LogP contribution < -0.4 is 5.32 Å². The second-order valence-electron chi connectivity index (χ2n) is 5.95. The number of hydrogen-bond acceptors (Lipinski definition) is 2. The van der Waals surface area contributed by atoms with Gasteiger partial charge in [0.15, 0.2) is 0 Å². The number of carbonyl (C=O) groups excluding carboxylic acids is 1. The van der Waals surface area contributed by atoms with Crippen molar-refractivity contribution >= 4 is 5.91 Å². The molecule has 1 heterocycles. The zero-order valence-electron chi connectivity index (χ0n) is 12.0. The third kappa shape index (κ3) is 3.21. The molecule has 0 aliphatic carbocycles. The highest BCUT2D eigenvalue weighted by Gasteiger charge is 2.39. The van der Waals surface area contributed by atoms with Crippen molar-refractivity contribution in [1.82, 2.24) is 10.2 Å². The van der Waals surface area contributed by atoms with Crippen molar-refractivity contribution in [2.75, 3.05) is 19.6 Å². The van der Waals surface area contributed by atoms with Crippen LogP contribution in [0.4, 0.5) is 0 Å². The molecule has 0 radical (unpaired) electrons. The van der Waals surface area contributed by atoms with Crippen LogP contribution in [-0.2, 0) is 4.79 Å². The summed E-state index contributed by atoms with van der Waals surface area (Å²) in [5, 5.41) is 3.41. The first-order chi connectivity index (χ1) is 7.91. The summed E-state index contributed by atoms with van der Waals surface area (Å²) in [5.41, 5.74) is -0.242. The van der Waals surface area contributed by atoms with E-state index in [1.54, 1.807) is 0 Å². The van der Waals surface area contributed by atoms with Crippen molar-refractivity contribution in [3.05, 3.63) is 0 Å². The summed E-state index contributed by atoms with van der Waals surface area (Å²) in [6.45, 7) is 13.4. The average molecular weight is 240 g/mol. The molecule has 1 atom stereocenters. The topological polar surface area (TPSA) is 32.3 Å². The number of piperidine rings is 1. The van der Waals surface area contributed by atoms with Gasteiger partial charge in [-0.1, -0.05) is 13.8 Å². The van der Waals surface area contributed by atoms with Crippen molar-refractivity contribution < 1.29 is 4.79 Å². The van der Waals surface area contributed by atoms with E-state index in [1.807, 2.05) is 4.90 Å². The zero-order chi connectivity index (χ0) is 13.1. The molecule has 100 valence electrons. The van der Waals surface area contributed by atoms with Gasteiger partial charge in [-0.15, -0.1) is 0 Å². The Morgan fingerprint density at radius 1 is 1.47 bits per heavy atom. The normalized spacial score (nSPS) is 21.6. The number of amides is 1. The summed E-state index contributed by atoms with van der Waals surface area (Å²) >= 11 is 0. The molecule has 1 unspecified atom stereocenters. The van der Waals surface area contributed by atoms with Crippen LogP contribution in [0.25, 0.3) is 0 Å². The maximum absolute atomic E-state index is 12.6. The van der Waals surface area contributed by atoms with Gasteiger partial charge in [-0.2, -0.15) is 0 Å². The number of nitrogens with zero attached hydrogens (tertiary/aromatic N) is 1. The summed E-state index contributed by atoms with van der Waals surface area (Å²) in [7, 11) is 0. The SMILES string of the molecule is CCN(C(=O)C(C)(C)C1CCCNC1)C(C)C.